The molecular formula is C20H34N6O. The lowest BCUT2D eigenvalue weighted by molar-refractivity contribution is -0.128. The van der Waals surface area contributed by atoms with Gasteiger partial charge in [-0.2, -0.15) is 0 Å². The van der Waals surface area contributed by atoms with Gasteiger partial charge < -0.3 is 20.9 Å². The number of carbonyl (C=O) groups is 1. The smallest absolute Gasteiger partial charge is 0.225 e. The number of anilines is 1. The molecule has 0 spiro atoms. The Morgan fingerprint density at radius 3 is 2.59 bits per heavy atom. The number of hydrogen-bond donors (Lipinski definition) is 3. The zero-order chi connectivity index (χ0) is 19.7. The van der Waals surface area contributed by atoms with E-state index in [4.69, 9.17) is 0 Å². The van der Waals surface area contributed by atoms with Gasteiger partial charge in [-0.3, -0.25) is 9.79 Å². The lowest BCUT2D eigenvalue weighted by Gasteiger charge is -2.33. The summed E-state index contributed by atoms with van der Waals surface area (Å²) in [7, 11) is 0. The Balaban J connectivity index is 1.78. The highest BCUT2D eigenvalue weighted by Crippen LogP contribution is 2.17. The fourth-order valence-electron chi connectivity index (χ4n) is 2.91. The normalized spacial score (nSPS) is 16.1. The lowest BCUT2D eigenvalue weighted by atomic mass is 9.96. The van der Waals surface area contributed by atoms with Crippen molar-refractivity contribution >= 4 is 17.7 Å². The molecule has 3 N–H and O–H groups in total. The Morgan fingerprint density at radius 1 is 1.26 bits per heavy atom. The van der Waals surface area contributed by atoms with E-state index in [0.717, 1.165) is 44.3 Å². The zero-order valence-corrected chi connectivity index (χ0v) is 17.1. The van der Waals surface area contributed by atoms with Crippen molar-refractivity contribution in [2.45, 2.75) is 46.6 Å². The standard InChI is InChI=1S/C20H34N6O/c1-5-21-19(24-13-12-23-18(27)20(2,3)4)25-16-9-14-26(15-10-16)17-8-6-7-11-22-17/h6-8,11,16H,5,9-10,12-15H2,1-4H3,(H,23,27)(H2,21,24,25). The summed E-state index contributed by atoms with van der Waals surface area (Å²) in [5, 5.41) is 9.75. The minimum atomic E-state index is -0.367. The molecule has 1 aromatic heterocycles. The van der Waals surface area contributed by atoms with Crippen LogP contribution in [-0.4, -0.2) is 55.6 Å². The lowest BCUT2D eigenvalue weighted by Crippen LogP contribution is -2.49. The minimum Gasteiger partial charge on any atom is -0.357 e. The van der Waals surface area contributed by atoms with Crippen LogP contribution in [0.1, 0.15) is 40.5 Å². The maximum absolute atomic E-state index is 11.9. The van der Waals surface area contributed by atoms with E-state index in [1.165, 1.54) is 0 Å². The molecule has 0 atom stereocenters. The molecule has 2 rings (SSSR count). The summed E-state index contributed by atoms with van der Waals surface area (Å²) < 4.78 is 0. The predicted octanol–water partition coefficient (Wildman–Crippen LogP) is 1.77. The molecule has 1 aliphatic heterocycles. The second-order valence-electron chi connectivity index (χ2n) is 7.86. The van der Waals surface area contributed by atoms with Gasteiger partial charge in [0.05, 0.1) is 6.54 Å². The van der Waals surface area contributed by atoms with Crippen LogP contribution in [-0.2, 0) is 4.79 Å². The molecule has 1 aliphatic rings. The van der Waals surface area contributed by atoms with Gasteiger partial charge in [-0.05, 0) is 31.9 Å². The number of amides is 1. The van der Waals surface area contributed by atoms with E-state index in [2.05, 4.69) is 43.8 Å². The molecule has 1 fully saturated rings. The van der Waals surface area contributed by atoms with E-state index in [1.54, 1.807) is 0 Å². The third-order valence-corrected chi connectivity index (χ3v) is 4.50. The third-order valence-electron chi connectivity index (χ3n) is 4.50. The van der Waals surface area contributed by atoms with E-state index in [0.29, 0.717) is 19.1 Å². The van der Waals surface area contributed by atoms with Crippen LogP contribution in [0, 0.1) is 5.41 Å². The maximum atomic E-state index is 11.9. The van der Waals surface area contributed by atoms with Crippen LogP contribution >= 0.6 is 0 Å². The molecule has 7 nitrogen and oxygen atoms in total. The van der Waals surface area contributed by atoms with Crippen LogP contribution in [0.3, 0.4) is 0 Å². The molecule has 2 heterocycles. The molecule has 150 valence electrons. The second-order valence-corrected chi connectivity index (χ2v) is 7.86. The zero-order valence-electron chi connectivity index (χ0n) is 17.1. The predicted molar refractivity (Wildman–Crippen MR) is 111 cm³/mol. The van der Waals surface area contributed by atoms with Gasteiger partial charge in [-0.25, -0.2) is 4.98 Å². The summed E-state index contributed by atoms with van der Waals surface area (Å²) in [5.74, 6) is 1.92. The number of nitrogens with one attached hydrogen (secondary N) is 3. The van der Waals surface area contributed by atoms with Gasteiger partial charge in [-0.15, -0.1) is 0 Å². The number of nitrogens with zero attached hydrogens (tertiary/aromatic N) is 3. The van der Waals surface area contributed by atoms with Crippen molar-refractivity contribution in [1.29, 1.82) is 0 Å². The number of aliphatic imine (C=N–C) groups is 1. The monoisotopic (exact) mass is 374 g/mol. The van der Waals surface area contributed by atoms with E-state index < -0.39 is 0 Å². The van der Waals surface area contributed by atoms with Crippen molar-refractivity contribution in [1.82, 2.24) is 20.9 Å². The van der Waals surface area contributed by atoms with E-state index in [-0.39, 0.29) is 11.3 Å². The molecule has 0 bridgehead atoms. The van der Waals surface area contributed by atoms with Crippen molar-refractivity contribution < 1.29 is 4.79 Å². The van der Waals surface area contributed by atoms with Gasteiger partial charge in [0.25, 0.3) is 0 Å². The minimum absolute atomic E-state index is 0.0533. The first-order valence-electron chi connectivity index (χ1n) is 9.89. The Morgan fingerprint density at radius 2 is 2.00 bits per heavy atom. The maximum Gasteiger partial charge on any atom is 0.225 e. The Kier molecular flexibility index (Phi) is 7.88. The number of rotatable bonds is 6. The quantitative estimate of drug-likeness (QED) is 0.402. The van der Waals surface area contributed by atoms with Crippen molar-refractivity contribution in [2.24, 2.45) is 10.4 Å². The number of pyridine rings is 1. The van der Waals surface area contributed by atoms with Crippen molar-refractivity contribution in [3.8, 4) is 0 Å². The summed E-state index contributed by atoms with van der Waals surface area (Å²) in [6.45, 7) is 11.7. The number of guanidine groups is 1. The highest BCUT2D eigenvalue weighted by molar-refractivity contribution is 5.81. The first kappa shape index (κ1) is 21.0. The molecule has 0 unspecified atom stereocenters. The van der Waals surface area contributed by atoms with E-state index >= 15 is 0 Å². The molecule has 1 amide bonds. The van der Waals surface area contributed by atoms with Gasteiger partial charge >= 0.3 is 0 Å². The summed E-state index contributed by atoms with van der Waals surface area (Å²) in [6, 6.07) is 6.43. The van der Waals surface area contributed by atoms with Crippen LogP contribution in [0.25, 0.3) is 0 Å². The molecular weight excluding hydrogens is 340 g/mol. The van der Waals surface area contributed by atoms with Gasteiger partial charge in [0.1, 0.15) is 5.82 Å². The van der Waals surface area contributed by atoms with E-state index in [9.17, 15) is 4.79 Å². The number of hydrogen-bond acceptors (Lipinski definition) is 4. The van der Waals surface area contributed by atoms with Crippen molar-refractivity contribution in [3.05, 3.63) is 24.4 Å². The van der Waals surface area contributed by atoms with Crippen molar-refractivity contribution in [3.63, 3.8) is 0 Å². The molecule has 0 aromatic carbocycles. The van der Waals surface area contributed by atoms with E-state index in [1.807, 2.05) is 39.1 Å². The molecule has 27 heavy (non-hydrogen) atoms. The Bertz CT molecular complexity index is 603. The highest BCUT2D eigenvalue weighted by Gasteiger charge is 2.21. The molecule has 1 aromatic rings. The molecule has 0 radical (unpaired) electrons. The number of aromatic nitrogens is 1. The first-order chi connectivity index (χ1) is 12.9. The Labute approximate surface area is 163 Å². The van der Waals surface area contributed by atoms with Gasteiger partial charge in [0.15, 0.2) is 5.96 Å². The average Bonchev–Trinajstić information content (AvgIpc) is 2.65. The number of piperidine rings is 1. The molecule has 1 saturated heterocycles. The van der Waals surface area contributed by atoms with Crippen LogP contribution < -0.4 is 20.9 Å². The van der Waals surface area contributed by atoms with Gasteiger partial charge in [0, 0.05) is 43.8 Å². The third kappa shape index (κ3) is 7.07. The highest BCUT2D eigenvalue weighted by atomic mass is 16.2. The average molecular weight is 375 g/mol. The Hall–Kier alpha value is -2.31. The molecule has 7 heteroatoms. The van der Waals surface area contributed by atoms with Crippen LogP contribution in [0.4, 0.5) is 5.82 Å². The molecule has 0 aliphatic carbocycles. The SMILES string of the molecule is CCNC(=NCCNC(=O)C(C)(C)C)NC1CCN(c2ccccn2)CC1. The van der Waals surface area contributed by atoms with Gasteiger partial charge in [0.2, 0.25) is 5.91 Å². The summed E-state index contributed by atoms with van der Waals surface area (Å²) in [6.07, 6.45) is 3.93. The first-order valence-corrected chi connectivity index (χ1v) is 9.89. The summed E-state index contributed by atoms with van der Waals surface area (Å²) in [4.78, 5) is 23.2. The topological polar surface area (TPSA) is 81.6 Å². The van der Waals surface area contributed by atoms with Gasteiger partial charge in [-0.1, -0.05) is 26.8 Å². The van der Waals surface area contributed by atoms with Crippen LogP contribution in [0.15, 0.2) is 29.4 Å². The van der Waals surface area contributed by atoms with Crippen LogP contribution in [0.5, 0.6) is 0 Å². The fraction of sp³-hybridized carbons (Fsp3) is 0.650. The number of carbonyl (C=O) groups excluding carboxylic acids is 1. The molecule has 0 saturated carbocycles. The largest absolute Gasteiger partial charge is 0.357 e. The summed E-state index contributed by atoms with van der Waals surface area (Å²) in [5.41, 5.74) is -0.367. The van der Waals surface area contributed by atoms with Crippen LogP contribution in [0.2, 0.25) is 0 Å². The second kappa shape index (κ2) is 10.1. The summed E-state index contributed by atoms with van der Waals surface area (Å²) >= 11 is 0. The fourth-order valence-corrected chi connectivity index (χ4v) is 2.91. The van der Waals surface area contributed by atoms with Crippen molar-refractivity contribution in [2.75, 3.05) is 37.6 Å².